The molecular formula is C19H19ClF3N3O3. The van der Waals surface area contributed by atoms with Crippen molar-refractivity contribution in [2.45, 2.75) is 25.3 Å². The Morgan fingerprint density at radius 1 is 1.24 bits per heavy atom. The normalized spacial score (nSPS) is 21.0. The molecule has 2 saturated heterocycles. The van der Waals surface area contributed by atoms with E-state index in [9.17, 15) is 18.0 Å². The van der Waals surface area contributed by atoms with Gasteiger partial charge < -0.3 is 14.4 Å². The molecule has 1 atom stereocenters. The topological polar surface area (TPSA) is 56.6 Å². The van der Waals surface area contributed by atoms with E-state index in [4.69, 9.17) is 21.1 Å². The number of halogens is 4. The van der Waals surface area contributed by atoms with Crippen LogP contribution < -0.4 is 0 Å². The van der Waals surface area contributed by atoms with E-state index >= 15 is 0 Å². The first-order valence-electron chi connectivity index (χ1n) is 9.28. The lowest BCUT2D eigenvalue weighted by Crippen LogP contribution is -2.44. The summed E-state index contributed by atoms with van der Waals surface area (Å²) in [6, 6.07) is 5.89. The molecule has 2 aliphatic rings. The number of benzene rings is 1. The Hall–Kier alpha value is -2.10. The number of hydrogen-bond acceptors (Lipinski definition) is 4. The van der Waals surface area contributed by atoms with Crippen LogP contribution in [0.2, 0.25) is 5.02 Å². The minimum atomic E-state index is -4.77. The summed E-state index contributed by atoms with van der Waals surface area (Å²) in [5.41, 5.74) is -1.46. The van der Waals surface area contributed by atoms with Crippen molar-refractivity contribution in [2.75, 3.05) is 26.3 Å². The second-order valence-corrected chi connectivity index (χ2v) is 7.50. The van der Waals surface area contributed by atoms with Crippen LogP contribution in [-0.2, 0) is 15.7 Å². The van der Waals surface area contributed by atoms with Gasteiger partial charge in [-0.05, 0) is 31.0 Å². The minimum Gasteiger partial charge on any atom is -0.350 e. The van der Waals surface area contributed by atoms with Crippen LogP contribution >= 0.6 is 11.6 Å². The Labute approximate surface area is 170 Å². The van der Waals surface area contributed by atoms with Gasteiger partial charge in [-0.25, -0.2) is 4.68 Å². The van der Waals surface area contributed by atoms with Gasteiger partial charge in [-0.2, -0.15) is 18.3 Å². The van der Waals surface area contributed by atoms with E-state index in [0.717, 1.165) is 12.6 Å². The van der Waals surface area contributed by atoms with Crippen molar-refractivity contribution in [3.8, 4) is 5.69 Å². The van der Waals surface area contributed by atoms with Crippen LogP contribution in [0.15, 0.2) is 30.5 Å². The molecule has 156 valence electrons. The van der Waals surface area contributed by atoms with Crippen LogP contribution in [-0.4, -0.2) is 53.2 Å². The van der Waals surface area contributed by atoms with Gasteiger partial charge in [0.2, 0.25) is 0 Å². The number of amides is 1. The maximum atomic E-state index is 13.9. The van der Waals surface area contributed by atoms with E-state index in [1.807, 2.05) is 0 Å². The number of alkyl halides is 3. The highest BCUT2D eigenvalue weighted by Crippen LogP contribution is 2.35. The Bertz CT molecular complexity index is 896. The number of likely N-dealkylation sites (tertiary alicyclic amines) is 1. The van der Waals surface area contributed by atoms with Crippen molar-refractivity contribution in [2.24, 2.45) is 5.92 Å². The van der Waals surface area contributed by atoms with Crippen molar-refractivity contribution in [1.82, 2.24) is 14.7 Å². The molecule has 0 N–H and O–H groups in total. The highest BCUT2D eigenvalue weighted by molar-refractivity contribution is 6.30. The summed E-state index contributed by atoms with van der Waals surface area (Å²) in [6.45, 7) is 1.63. The monoisotopic (exact) mass is 429 g/mol. The fourth-order valence-electron chi connectivity index (χ4n) is 3.82. The first-order chi connectivity index (χ1) is 13.8. The van der Waals surface area contributed by atoms with E-state index in [2.05, 4.69) is 5.10 Å². The summed E-state index contributed by atoms with van der Waals surface area (Å²) in [6.07, 6.45) is -2.75. The smallest absolute Gasteiger partial charge is 0.350 e. The molecule has 10 heteroatoms. The molecule has 1 unspecified atom stereocenters. The predicted molar refractivity (Wildman–Crippen MR) is 97.9 cm³/mol. The van der Waals surface area contributed by atoms with Crippen LogP contribution in [0.3, 0.4) is 0 Å². The zero-order chi connectivity index (χ0) is 20.6. The number of carbonyl (C=O) groups is 1. The van der Waals surface area contributed by atoms with Crippen molar-refractivity contribution in [3.63, 3.8) is 0 Å². The van der Waals surface area contributed by atoms with Gasteiger partial charge >= 0.3 is 6.18 Å². The van der Waals surface area contributed by atoms with E-state index in [1.165, 1.54) is 23.1 Å². The van der Waals surface area contributed by atoms with Crippen LogP contribution in [0.4, 0.5) is 13.2 Å². The molecule has 2 aliphatic heterocycles. The number of nitrogens with zero attached hydrogens (tertiary/aromatic N) is 3. The molecule has 29 heavy (non-hydrogen) atoms. The van der Waals surface area contributed by atoms with Gasteiger partial charge in [-0.3, -0.25) is 4.79 Å². The summed E-state index contributed by atoms with van der Waals surface area (Å²) < 4.78 is 53.3. The maximum Gasteiger partial charge on any atom is 0.434 e. The summed E-state index contributed by atoms with van der Waals surface area (Å²) in [5, 5.41) is 4.12. The molecule has 2 aromatic rings. The number of piperidine rings is 1. The summed E-state index contributed by atoms with van der Waals surface area (Å²) in [4.78, 5) is 14.4. The van der Waals surface area contributed by atoms with Gasteiger partial charge in [0.1, 0.15) is 0 Å². The molecule has 0 radical (unpaired) electrons. The third-order valence-electron chi connectivity index (χ3n) is 5.10. The average molecular weight is 430 g/mol. The molecule has 0 bridgehead atoms. The van der Waals surface area contributed by atoms with Gasteiger partial charge in [-0.15, -0.1) is 0 Å². The van der Waals surface area contributed by atoms with Crippen molar-refractivity contribution in [1.29, 1.82) is 0 Å². The average Bonchev–Trinajstić information content (AvgIpc) is 3.37. The predicted octanol–water partition coefficient (Wildman–Crippen LogP) is 3.77. The van der Waals surface area contributed by atoms with Gasteiger partial charge in [-0.1, -0.05) is 17.7 Å². The van der Waals surface area contributed by atoms with E-state index in [1.54, 1.807) is 6.07 Å². The van der Waals surface area contributed by atoms with E-state index in [-0.39, 0.29) is 23.2 Å². The summed E-state index contributed by atoms with van der Waals surface area (Å²) in [7, 11) is 0. The number of carbonyl (C=O) groups excluding carboxylic acids is 1. The van der Waals surface area contributed by atoms with Gasteiger partial charge in [0.05, 0.1) is 30.7 Å². The van der Waals surface area contributed by atoms with E-state index in [0.29, 0.717) is 30.9 Å². The Morgan fingerprint density at radius 2 is 2.00 bits per heavy atom. The lowest BCUT2D eigenvalue weighted by atomic mass is 9.96. The largest absolute Gasteiger partial charge is 0.434 e. The Morgan fingerprint density at radius 3 is 2.69 bits per heavy atom. The molecule has 0 saturated carbocycles. The molecule has 0 aliphatic carbocycles. The number of hydrogen-bond donors (Lipinski definition) is 0. The lowest BCUT2D eigenvalue weighted by Gasteiger charge is -2.34. The van der Waals surface area contributed by atoms with Crippen LogP contribution in [0.1, 0.15) is 28.9 Å². The SMILES string of the molecule is O=C(c1cnn(-c2cccc(Cl)c2)c1C(F)(F)F)N1CCCC(C2OCCO2)C1. The van der Waals surface area contributed by atoms with Crippen LogP contribution in [0.5, 0.6) is 0 Å². The number of aromatic nitrogens is 2. The zero-order valence-electron chi connectivity index (χ0n) is 15.4. The van der Waals surface area contributed by atoms with Crippen LogP contribution in [0.25, 0.3) is 5.69 Å². The summed E-state index contributed by atoms with van der Waals surface area (Å²) >= 11 is 5.91. The molecule has 6 nitrogen and oxygen atoms in total. The van der Waals surface area contributed by atoms with Gasteiger partial charge in [0.15, 0.2) is 12.0 Å². The first kappa shape index (κ1) is 20.2. The van der Waals surface area contributed by atoms with Crippen molar-refractivity contribution in [3.05, 3.63) is 46.7 Å². The van der Waals surface area contributed by atoms with Crippen molar-refractivity contribution < 1.29 is 27.4 Å². The zero-order valence-corrected chi connectivity index (χ0v) is 16.1. The highest BCUT2D eigenvalue weighted by Gasteiger charge is 2.42. The van der Waals surface area contributed by atoms with Crippen LogP contribution in [0, 0.1) is 5.92 Å². The number of ether oxygens (including phenoxy) is 2. The lowest BCUT2D eigenvalue weighted by molar-refractivity contribution is -0.143. The van der Waals surface area contributed by atoms with Crippen molar-refractivity contribution >= 4 is 17.5 Å². The highest BCUT2D eigenvalue weighted by atomic mass is 35.5. The fraction of sp³-hybridized carbons (Fsp3) is 0.474. The van der Waals surface area contributed by atoms with E-state index < -0.39 is 29.6 Å². The first-order valence-corrected chi connectivity index (χ1v) is 9.66. The maximum absolute atomic E-state index is 13.9. The minimum absolute atomic E-state index is 0.0625. The fourth-order valence-corrected chi connectivity index (χ4v) is 4.00. The Balaban J connectivity index is 1.64. The number of rotatable bonds is 3. The molecule has 1 aromatic carbocycles. The third-order valence-corrected chi connectivity index (χ3v) is 5.33. The summed E-state index contributed by atoms with van der Waals surface area (Å²) in [5.74, 6) is -0.763. The molecule has 1 aromatic heterocycles. The molecule has 0 spiro atoms. The second kappa shape index (κ2) is 7.97. The second-order valence-electron chi connectivity index (χ2n) is 7.06. The van der Waals surface area contributed by atoms with Gasteiger partial charge in [0, 0.05) is 24.0 Å². The Kier molecular flexibility index (Phi) is 5.54. The van der Waals surface area contributed by atoms with Gasteiger partial charge in [0.25, 0.3) is 5.91 Å². The molecular weight excluding hydrogens is 411 g/mol. The molecule has 2 fully saturated rings. The standard InChI is InChI=1S/C19H19ClF3N3O3/c20-13-4-1-5-14(9-13)26-16(19(21,22)23)15(10-24-26)17(27)25-6-2-3-12(11-25)18-28-7-8-29-18/h1,4-5,9-10,12,18H,2-3,6-8,11H2. The molecule has 1 amide bonds. The quantitative estimate of drug-likeness (QED) is 0.745. The molecule has 3 heterocycles. The third kappa shape index (κ3) is 4.12. The molecule has 4 rings (SSSR count).